The van der Waals surface area contributed by atoms with E-state index in [1.54, 1.807) is 47.4 Å². The summed E-state index contributed by atoms with van der Waals surface area (Å²) in [5.74, 6) is -0.623. The van der Waals surface area contributed by atoms with Gasteiger partial charge in [-0.05, 0) is 65.4 Å². The molecule has 1 aliphatic rings. The van der Waals surface area contributed by atoms with Crippen LogP contribution in [0.5, 0.6) is 0 Å². The normalized spacial score (nSPS) is 19.3. The summed E-state index contributed by atoms with van der Waals surface area (Å²) in [6.07, 6.45) is 0.374. The van der Waals surface area contributed by atoms with Crippen molar-refractivity contribution in [2.45, 2.75) is 45.8 Å². The zero-order valence-corrected chi connectivity index (χ0v) is 23.5. The van der Waals surface area contributed by atoms with Gasteiger partial charge in [0.05, 0.1) is 17.2 Å². The summed E-state index contributed by atoms with van der Waals surface area (Å²) in [4.78, 5) is 28.8. The van der Waals surface area contributed by atoms with Crippen LogP contribution < -0.4 is 5.32 Å². The number of nitriles is 1. The molecule has 3 aromatic rings. The number of aliphatic hydroxyl groups is 1. The lowest BCUT2D eigenvalue weighted by atomic mass is 9.66. The predicted molar refractivity (Wildman–Crippen MR) is 153 cm³/mol. The van der Waals surface area contributed by atoms with Crippen molar-refractivity contribution < 1.29 is 14.7 Å². The van der Waals surface area contributed by atoms with Crippen molar-refractivity contribution in [1.29, 1.82) is 5.26 Å². The third-order valence-electron chi connectivity index (χ3n) is 7.77. The Kier molecular flexibility index (Phi) is 8.15. The fourth-order valence-electron chi connectivity index (χ4n) is 5.28. The van der Waals surface area contributed by atoms with E-state index in [0.29, 0.717) is 35.7 Å². The van der Waals surface area contributed by atoms with Crippen molar-refractivity contribution in [3.05, 3.63) is 94.5 Å². The Morgan fingerprint density at radius 2 is 1.69 bits per heavy atom. The minimum atomic E-state index is -1.11. The molecule has 202 valence electrons. The van der Waals surface area contributed by atoms with Crippen LogP contribution in [0.3, 0.4) is 0 Å². The van der Waals surface area contributed by atoms with E-state index in [9.17, 15) is 14.7 Å². The maximum absolute atomic E-state index is 13.7. The van der Waals surface area contributed by atoms with Gasteiger partial charge in [0.2, 0.25) is 5.91 Å². The van der Waals surface area contributed by atoms with Crippen LogP contribution in [0.2, 0.25) is 5.02 Å². The van der Waals surface area contributed by atoms with Crippen molar-refractivity contribution in [2.24, 2.45) is 11.3 Å². The molecule has 1 fully saturated rings. The van der Waals surface area contributed by atoms with Crippen molar-refractivity contribution in [1.82, 2.24) is 10.2 Å². The number of amides is 2. The Bertz CT molecular complexity index is 1390. The maximum atomic E-state index is 13.7. The second-order valence-electron chi connectivity index (χ2n) is 11.2. The standard InChI is InChI=1S/C32H34ClN3O3/c1-21(2)28(35-29(37)25-7-5-6-24(18-25)23-10-8-22(19-34)9-11-23)30(38)36-17-16-32(39,31(3,4)20-36)26-12-14-27(33)15-13-26/h5-15,18,21,28,39H,16-17,20H2,1-4H3,(H,35,37)/t28-,32+/m1/s1. The molecule has 39 heavy (non-hydrogen) atoms. The molecule has 2 amide bonds. The van der Waals surface area contributed by atoms with Crippen LogP contribution in [0.25, 0.3) is 11.1 Å². The number of likely N-dealkylation sites (tertiary alicyclic amines) is 1. The van der Waals surface area contributed by atoms with Crippen LogP contribution in [0, 0.1) is 22.7 Å². The molecule has 1 aliphatic heterocycles. The largest absolute Gasteiger partial charge is 0.384 e. The van der Waals surface area contributed by atoms with E-state index in [1.165, 1.54) is 0 Å². The van der Waals surface area contributed by atoms with Gasteiger partial charge in [0.25, 0.3) is 5.91 Å². The van der Waals surface area contributed by atoms with Crippen LogP contribution in [0.15, 0.2) is 72.8 Å². The van der Waals surface area contributed by atoms with Gasteiger partial charge in [0.1, 0.15) is 6.04 Å². The van der Waals surface area contributed by atoms with Crippen molar-refractivity contribution in [3.8, 4) is 17.2 Å². The average molecular weight is 544 g/mol. The van der Waals surface area contributed by atoms with Gasteiger partial charge in [-0.1, -0.05) is 75.7 Å². The lowest BCUT2D eigenvalue weighted by molar-refractivity contribution is -0.155. The summed E-state index contributed by atoms with van der Waals surface area (Å²) in [7, 11) is 0. The van der Waals surface area contributed by atoms with E-state index in [1.807, 2.05) is 58.0 Å². The monoisotopic (exact) mass is 543 g/mol. The zero-order chi connectivity index (χ0) is 28.4. The fourth-order valence-corrected chi connectivity index (χ4v) is 5.41. The smallest absolute Gasteiger partial charge is 0.251 e. The summed E-state index contributed by atoms with van der Waals surface area (Å²) >= 11 is 6.05. The van der Waals surface area contributed by atoms with E-state index in [4.69, 9.17) is 16.9 Å². The number of rotatable bonds is 6. The second kappa shape index (κ2) is 11.2. The molecule has 0 spiro atoms. The highest BCUT2D eigenvalue weighted by Gasteiger charge is 2.50. The molecular formula is C32H34ClN3O3. The predicted octanol–water partition coefficient (Wildman–Crippen LogP) is 5.78. The first-order valence-electron chi connectivity index (χ1n) is 13.1. The first kappa shape index (κ1) is 28.4. The maximum Gasteiger partial charge on any atom is 0.251 e. The van der Waals surface area contributed by atoms with Crippen LogP contribution >= 0.6 is 11.6 Å². The summed E-state index contributed by atoms with van der Waals surface area (Å²) in [5, 5.41) is 24.3. The lowest BCUT2D eigenvalue weighted by Gasteiger charge is -2.51. The summed E-state index contributed by atoms with van der Waals surface area (Å²) in [5.41, 5.74) is 1.79. The molecule has 0 unspecified atom stereocenters. The molecule has 0 bridgehead atoms. The number of hydrogen-bond donors (Lipinski definition) is 2. The van der Waals surface area contributed by atoms with Crippen molar-refractivity contribution in [2.75, 3.05) is 13.1 Å². The van der Waals surface area contributed by atoms with E-state index in [-0.39, 0.29) is 17.7 Å². The van der Waals surface area contributed by atoms with Crippen LogP contribution in [-0.4, -0.2) is 41.0 Å². The van der Waals surface area contributed by atoms with Gasteiger partial charge in [-0.25, -0.2) is 0 Å². The molecule has 0 saturated carbocycles. The third kappa shape index (κ3) is 5.85. The van der Waals surface area contributed by atoms with Crippen LogP contribution in [0.1, 0.15) is 55.6 Å². The summed E-state index contributed by atoms with van der Waals surface area (Å²) in [6.45, 7) is 8.45. The molecule has 4 rings (SSSR count). The quantitative estimate of drug-likeness (QED) is 0.412. The number of hydrogen-bond acceptors (Lipinski definition) is 4. The molecule has 0 radical (unpaired) electrons. The van der Waals surface area contributed by atoms with Crippen molar-refractivity contribution in [3.63, 3.8) is 0 Å². The average Bonchev–Trinajstić information content (AvgIpc) is 2.93. The molecule has 3 aromatic carbocycles. The Morgan fingerprint density at radius 3 is 2.28 bits per heavy atom. The van der Waals surface area contributed by atoms with E-state index < -0.39 is 17.1 Å². The molecule has 0 aliphatic carbocycles. The molecule has 1 saturated heterocycles. The Labute approximate surface area is 235 Å². The minimum absolute atomic E-state index is 0.136. The van der Waals surface area contributed by atoms with E-state index >= 15 is 0 Å². The fraction of sp³-hybridized carbons (Fsp3) is 0.344. The van der Waals surface area contributed by atoms with Gasteiger partial charge in [0.15, 0.2) is 0 Å². The van der Waals surface area contributed by atoms with Crippen LogP contribution in [-0.2, 0) is 10.4 Å². The Hall–Kier alpha value is -3.66. The highest BCUT2D eigenvalue weighted by atomic mass is 35.5. The van der Waals surface area contributed by atoms with Crippen molar-refractivity contribution >= 4 is 23.4 Å². The lowest BCUT2D eigenvalue weighted by Crippen LogP contribution is -2.60. The van der Waals surface area contributed by atoms with Gasteiger partial charge in [-0.3, -0.25) is 9.59 Å². The first-order valence-corrected chi connectivity index (χ1v) is 13.5. The summed E-state index contributed by atoms with van der Waals surface area (Å²) < 4.78 is 0. The molecule has 2 N–H and O–H groups in total. The van der Waals surface area contributed by atoms with E-state index in [2.05, 4.69) is 11.4 Å². The Morgan fingerprint density at radius 1 is 1.03 bits per heavy atom. The van der Waals surface area contributed by atoms with Gasteiger partial charge in [-0.2, -0.15) is 5.26 Å². The number of benzene rings is 3. The molecule has 1 heterocycles. The topological polar surface area (TPSA) is 93.4 Å². The number of carbonyl (C=O) groups excluding carboxylic acids is 2. The number of piperidine rings is 1. The number of nitrogens with zero attached hydrogens (tertiary/aromatic N) is 2. The molecule has 2 atom stereocenters. The molecular weight excluding hydrogens is 510 g/mol. The zero-order valence-electron chi connectivity index (χ0n) is 22.7. The third-order valence-corrected chi connectivity index (χ3v) is 8.03. The Balaban J connectivity index is 1.50. The van der Waals surface area contributed by atoms with Gasteiger partial charge in [0, 0.05) is 29.1 Å². The SMILES string of the molecule is CC(C)[C@@H](NC(=O)c1cccc(-c2ccc(C#N)cc2)c1)C(=O)N1CC[C@](O)(c2ccc(Cl)cc2)C(C)(C)C1. The summed E-state index contributed by atoms with van der Waals surface area (Å²) in [6, 6.07) is 23.0. The second-order valence-corrected chi connectivity index (χ2v) is 11.7. The highest BCUT2D eigenvalue weighted by Crippen LogP contribution is 2.46. The van der Waals surface area contributed by atoms with Gasteiger partial charge >= 0.3 is 0 Å². The number of halogens is 1. The van der Waals surface area contributed by atoms with E-state index in [0.717, 1.165) is 16.7 Å². The minimum Gasteiger partial charge on any atom is -0.384 e. The molecule has 6 nitrogen and oxygen atoms in total. The van der Waals surface area contributed by atoms with Gasteiger partial charge < -0.3 is 15.3 Å². The highest BCUT2D eigenvalue weighted by molar-refractivity contribution is 6.30. The first-order chi connectivity index (χ1) is 18.4. The molecule has 7 heteroatoms. The number of carbonyl (C=O) groups is 2. The van der Waals surface area contributed by atoms with Crippen LogP contribution in [0.4, 0.5) is 0 Å². The van der Waals surface area contributed by atoms with Gasteiger partial charge in [-0.15, -0.1) is 0 Å². The molecule has 0 aromatic heterocycles. The number of nitrogens with one attached hydrogen (secondary N) is 1.